The summed E-state index contributed by atoms with van der Waals surface area (Å²) in [4.78, 5) is 30.6. The smallest absolute Gasteiger partial charge is 0.270 e. The summed E-state index contributed by atoms with van der Waals surface area (Å²) >= 11 is 0. The normalized spacial score (nSPS) is 13.7. The molecule has 0 aliphatic carbocycles. The Labute approximate surface area is 195 Å². The molecule has 1 fully saturated rings. The van der Waals surface area contributed by atoms with E-state index in [4.69, 9.17) is 9.15 Å². The third-order valence-corrected chi connectivity index (χ3v) is 5.70. The molecule has 1 aliphatic heterocycles. The van der Waals surface area contributed by atoms with Crippen molar-refractivity contribution in [1.82, 2.24) is 4.98 Å². The van der Waals surface area contributed by atoms with Crippen LogP contribution >= 0.6 is 0 Å². The summed E-state index contributed by atoms with van der Waals surface area (Å²) in [5, 5.41) is 14.2. The van der Waals surface area contributed by atoms with Crippen LogP contribution in [0.2, 0.25) is 0 Å². The van der Waals surface area contributed by atoms with Gasteiger partial charge in [-0.25, -0.2) is 4.98 Å². The van der Waals surface area contributed by atoms with Crippen molar-refractivity contribution in [2.75, 3.05) is 36.5 Å². The number of nitro benzene ring substituents is 1. The summed E-state index contributed by atoms with van der Waals surface area (Å²) in [6.07, 6.45) is 0. The maximum absolute atomic E-state index is 13.2. The number of carbonyl (C=O) groups is 1. The van der Waals surface area contributed by atoms with Crippen LogP contribution in [0, 0.1) is 17.0 Å². The standard InChI is InChI=1S/C25H22N4O5/c1-16-5-7-21-23(13-16)34-25(27-21)17-3-2-4-18(14-17)26-24(30)20-15-19(29(31)32)6-8-22(20)28-9-11-33-12-10-28/h2-8,13-15H,9-12H2,1H3,(H,26,30). The summed E-state index contributed by atoms with van der Waals surface area (Å²) in [6.45, 7) is 4.25. The third kappa shape index (κ3) is 4.33. The van der Waals surface area contributed by atoms with Crippen LogP contribution in [-0.2, 0) is 4.74 Å². The van der Waals surface area contributed by atoms with E-state index in [2.05, 4.69) is 10.3 Å². The number of carbonyl (C=O) groups excluding carboxylic acids is 1. The van der Waals surface area contributed by atoms with Crippen LogP contribution in [0.1, 0.15) is 15.9 Å². The molecule has 1 aromatic heterocycles. The molecule has 0 atom stereocenters. The number of aromatic nitrogens is 1. The first kappa shape index (κ1) is 21.6. The van der Waals surface area contributed by atoms with E-state index >= 15 is 0 Å². The van der Waals surface area contributed by atoms with E-state index in [1.165, 1.54) is 12.1 Å². The minimum Gasteiger partial charge on any atom is -0.436 e. The first-order valence-electron chi connectivity index (χ1n) is 10.9. The Kier molecular flexibility index (Phi) is 5.69. The Morgan fingerprint density at radius 3 is 2.71 bits per heavy atom. The number of ether oxygens (including phenoxy) is 1. The lowest BCUT2D eigenvalue weighted by atomic mass is 10.1. The second-order valence-corrected chi connectivity index (χ2v) is 8.08. The summed E-state index contributed by atoms with van der Waals surface area (Å²) < 4.78 is 11.3. The van der Waals surface area contributed by atoms with Crippen molar-refractivity contribution in [3.8, 4) is 11.5 Å². The van der Waals surface area contributed by atoms with Gasteiger partial charge in [-0.15, -0.1) is 0 Å². The number of hydrogen-bond donors (Lipinski definition) is 1. The SMILES string of the molecule is Cc1ccc2nc(-c3cccc(NC(=O)c4cc([N+](=O)[O-])ccc4N4CCOCC4)c3)oc2c1. The first-order chi connectivity index (χ1) is 16.5. The van der Waals surface area contributed by atoms with Gasteiger partial charge in [-0.3, -0.25) is 14.9 Å². The number of benzene rings is 3. The van der Waals surface area contributed by atoms with Crippen LogP contribution in [0.5, 0.6) is 0 Å². The highest BCUT2D eigenvalue weighted by molar-refractivity contribution is 6.08. The molecule has 2 heterocycles. The van der Waals surface area contributed by atoms with Gasteiger partial charge in [0.05, 0.1) is 29.4 Å². The van der Waals surface area contributed by atoms with Gasteiger partial charge in [0.15, 0.2) is 5.58 Å². The number of anilines is 2. The minimum absolute atomic E-state index is 0.141. The van der Waals surface area contributed by atoms with Gasteiger partial charge in [0.1, 0.15) is 5.52 Å². The van der Waals surface area contributed by atoms with Crippen molar-refractivity contribution in [1.29, 1.82) is 0 Å². The topological polar surface area (TPSA) is 111 Å². The van der Waals surface area contributed by atoms with E-state index in [0.717, 1.165) is 11.1 Å². The number of aryl methyl sites for hydroxylation is 1. The summed E-state index contributed by atoms with van der Waals surface area (Å²) in [5.41, 5.74) is 4.48. The lowest BCUT2D eigenvalue weighted by Gasteiger charge is -2.30. The Morgan fingerprint density at radius 1 is 1.09 bits per heavy atom. The van der Waals surface area contributed by atoms with Crippen LogP contribution in [0.3, 0.4) is 0 Å². The Balaban J connectivity index is 1.45. The number of non-ortho nitro benzene ring substituents is 1. The number of hydrogen-bond acceptors (Lipinski definition) is 7. The van der Waals surface area contributed by atoms with E-state index in [0.29, 0.717) is 54.7 Å². The molecule has 9 nitrogen and oxygen atoms in total. The number of amides is 1. The number of nitrogens with zero attached hydrogens (tertiary/aromatic N) is 3. The van der Waals surface area contributed by atoms with E-state index < -0.39 is 10.8 Å². The van der Waals surface area contributed by atoms with Crippen molar-refractivity contribution in [2.45, 2.75) is 6.92 Å². The van der Waals surface area contributed by atoms with Gasteiger partial charge in [-0.2, -0.15) is 0 Å². The highest BCUT2D eigenvalue weighted by Crippen LogP contribution is 2.29. The van der Waals surface area contributed by atoms with Gasteiger partial charge in [-0.05, 0) is 48.9 Å². The molecule has 1 aliphatic rings. The quantitative estimate of drug-likeness (QED) is 0.338. The van der Waals surface area contributed by atoms with Crippen LogP contribution < -0.4 is 10.2 Å². The second kappa shape index (κ2) is 8.95. The summed E-state index contributed by atoms with van der Waals surface area (Å²) in [6, 6.07) is 17.3. The second-order valence-electron chi connectivity index (χ2n) is 8.08. The van der Waals surface area contributed by atoms with Crippen molar-refractivity contribution in [3.63, 3.8) is 0 Å². The first-order valence-corrected chi connectivity index (χ1v) is 10.9. The number of nitrogens with one attached hydrogen (secondary N) is 1. The molecule has 9 heteroatoms. The molecular weight excluding hydrogens is 436 g/mol. The van der Waals surface area contributed by atoms with Crippen molar-refractivity contribution < 1.29 is 18.9 Å². The number of nitro groups is 1. The van der Waals surface area contributed by atoms with Gasteiger partial charge < -0.3 is 19.4 Å². The van der Waals surface area contributed by atoms with Crippen molar-refractivity contribution in [2.24, 2.45) is 0 Å². The molecule has 1 N–H and O–H groups in total. The molecule has 34 heavy (non-hydrogen) atoms. The fourth-order valence-corrected chi connectivity index (χ4v) is 3.98. The van der Waals surface area contributed by atoms with Crippen LogP contribution in [0.4, 0.5) is 17.1 Å². The van der Waals surface area contributed by atoms with Crippen molar-refractivity contribution >= 4 is 34.1 Å². The highest BCUT2D eigenvalue weighted by atomic mass is 16.6. The molecule has 0 radical (unpaired) electrons. The van der Waals surface area contributed by atoms with E-state index in [9.17, 15) is 14.9 Å². The largest absolute Gasteiger partial charge is 0.436 e. The Bertz CT molecular complexity index is 1390. The lowest BCUT2D eigenvalue weighted by Crippen LogP contribution is -2.37. The predicted molar refractivity (Wildman–Crippen MR) is 128 cm³/mol. The van der Waals surface area contributed by atoms with Crippen molar-refractivity contribution in [3.05, 3.63) is 81.9 Å². The molecule has 4 aromatic rings. The molecule has 5 rings (SSSR count). The Hall–Kier alpha value is -4.24. The molecule has 0 saturated carbocycles. The number of morpholine rings is 1. The zero-order valence-corrected chi connectivity index (χ0v) is 18.5. The van der Waals surface area contributed by atoms with E-state index in [1.807, 2.05) is 36.1 Å². The van der Waals surface area contributed by atoms with Gasteiger partial charge in [0, 0.05) is 36.5 Å². The fourth-order valence-electron chi connectivity index (χ4n) is 3.98. The van der Waals surface area contributed by atoms with Gasteiger partial charge in [0.2, 0.25) is 5.89 Å². The average molecular weight is 458 g/mol. The lowest BCUT2D eigenvalue weighted by molar-refractivity contribution is -0.384. The number of oxazole rings is 1. The average Bonchev–Trinajstić information content (AvgIpc) is 3.27. The molecular formula is C25H22N4O5. The number of rotatable bonds is 5. The van der Waals surface area contributed by atoms with Crippen LogP contribution in [0.15, 0.2) is 65.1 Å². The zero-order chi connectivity index (χ0) is 23.7. The minimum atomic E-state index is -0.505. The van der Waals surface area contributed by atoms with E-state index in [1.54, 1.807) is 24.3 Å². The maximum Gasteiger partial charge on any atom is 0.270 e. The maximum atomic E-state index is 13.2. The Morgan fingerprint density at radius 2 is 1.91 bits per heavy atom. The summed E-state index contributed by atoms with van der Waals surface area (Å²) in [7, 11) is 0. The molecule has 3 aromatic carbocycles. The third-order valence-electron chi connectivity index (χ3n) is 5.70. The van der Waals surface area contributed by atoms with Gasteiger partial charge in [0.25, 0.3) is 11.6 Å². The molecule has 0 bridgehead atoms. The van der Waals surface area contributed by atoms with Gasteiger partial charge in [-0.1, -0.05) is 12.1 Å². The van der Waals surface area contributed by atoms with Gasteiger partial charge >= 0.3 is 0 Å². The molecule has 0 spiro atoms. The molecule has 172 valence electrons. The van der Waals surface area contributed by atoms with Crippen LogP contribution in [-0.4, -0.2) is 42.1 Å². The molecule has 1 saturated heterocycles. The van der Waals surface area contributed by atoms with Crippen LogP contribution in [0.25, 0.3) is 22.6 Å². The zero-order valence-electron chi connectivity index (χ0n) is 18.5. The highest BCUT2D eigenvalue weighted by Gasteiger charge is 2.22. The molecule has 0 unspecified atom stereocenters. The molecule has 1 amide bonds. The van der Waals surface area contributed by atoms with E-state index in [-0.39, 0.29) is 11.3 Å². The predicted octanol–water partition coefficient (Wildman–Crippen LogP) is 4.80. The fraction of sp³-hybridized carbons (Fsp3) is 0.200. The number of fused-ring (bicyclic) bond motifs is 1. The monoisotopic (exact) mass is 458 g/mol. The summed E-state index contributed by atoms with van der Waals surface area (Å²) in [5.74, 6) is 0.0107.